The van der Waals surface area contributed by atoms with Gasteiger partial charge in [-0.2, -0.15) is 4.99 Å². The van der Waals surface area contributed by atoms with Crippen LogP contribution in [0.5, 0.6) is 0 Å². The van der Waals surface area contributed by atoms with Crippen molar-refractivity contribution in [2.24, 2.45) is 4.99 Å². The maximum absolute atomic E-state index is 12.6. The number of benzene rings is 2. The van der Waals surface area contributed by atoms with Crippen LogP contribution in [-0.2, 0) is 21.1 Å². The number of aliphatic imine (C=N–C) groups is 1. The zero-order valence-corrected chi connectivity index (χ0v) is 18.4. The summed E-state index contributed by atoms with van der Waals surface area (Å²) in [6.45, 7) is 1.99. The van der Waals surface area contributed by atoms with Crippen molar-refractivity contribution in [3.05, 3.63) is 64.1 Å². The first-order chi connectivity index (χ1) is 13.3. The molecule has 0 bridgehead atoms. The highest BCUT2D eigenvalue weighted by Gasteiger charge is 2.49. The Hall–Kier alpha value is -1.64. The first-order valence-corrected chi connectivity index (χ1v) is 12.4. The number of carbonyl (C=O) groups is 1. The molecule has 1 amide bonds. The minimum absolute atomic E-state index is 0.0891. The number of nitrogens with zero attached hydrogens (tertiary/aromatic N) is 2. The summed E-state index contributed by atoms with van der Waals surface area (Å²) in [4.78, 5) is 18.9. The second-order valence-corrected chi connectivity index (χ2v) is 11.4. The number of rotatable bonds is 3. The maximum Gasteiger partial charge on any atom is 0.252 e. The normalized spacial score (nSPS) is 24.5. The van der Waals surface area contributed by atoms with E-state index in [2.05, 4.69) is 20.9 Å². The van der Waals surface area contributed by atoms with Gasteiger partial charge in [-0.15, -0.1) is 0 Å². The zero-order valence-electron chi connectivity index (χ0n) is 15.2. The molecule has 2 heterocycles. The van der Waals surface area contributed by atoms with Gasteiger partial charge >= 0.3 is 0 Å². The zero-order chi connectivity index (χ0) is 19.9. The van der Waals surface area contributed by atoms with Gasteiger partial charge in [-0.05, 0) is 36.8 Å². The monoisotopic (exact) mass is 478 g/mol. The lowest BCUT2D eigenvalue weighted by atomic mass is 10.1. The predicted octanol–water partition coefficient (Wildman–Crippen LogP) is 3.60. The van der Waals surface area contributed by atoms with E-state index in [1.165, 1.54) is 11.8 Å². The Bertz CT molecular complexity index is 1050. The molecule has 2 saturated heterocycles. The summed E-state index contributed by atoms with van der Waals surface area (Å²) in [6.07, 6.45) is 0.230. The average Bonchev–Trinajstić information content (AvgIpc) is 3.06. The number of amidine groups is 1. The number of sulfone groups is 1. The smallest absolute Gasteiger partial charge is 0.252 e. The molecule has 4 rings (SSSR count). The number of anilines is 1. The third-order valence-corrected chi connectivity index (χ3v) is 8.57. The Kier molecular flexibility index (Phi) is 5.37. The molecule has 28 heavy (non-hydrogen) atoms. The Morgan fingerprint density at radius 1 is 1.21 bits per heavy atom. The topological polar surface area (TPSA) is 66.8 Å². The molecule has 5 nitrogen and oxygen atoms in total. The van der Waals surface area contributed by atoms with Crippen molar-refractivity contribution in [1.29, 1.82) is 0 Å². The van der Waals surface area contributed by atoms with Gasteiger partial charge in [0.05, 0.1) is 24.0 Å². The number of carbonyl (C=O) groups excluding carboxylic acids is 1. The molecule has 2 aromatic carbocycles. The van der Waals surface area contributed by atoms with Gasteiger partial charge in [-0.1, -0.05) is 57.5 Å². The van der Waals surface area contributed by atoms with Crippen LogP contribution in [0.25, 0.3) is 0 Å². The van der Waals surface area contributed by atoms with Crippen LogP contribution in [0.1, 0.15) is 11.1 Å². The van der Waals surface area contributed by atoms with Gasteiger partial charge in [-0.3, -0.25) is 4.79 Å². The van der Waals surface area contributed by atoms with Gasteiger partial charge in [0.1, 0.15) is 0 Å². The number of thioether (sulfide) groups is 1. The summed E-state index contributed by atoms with van der Waals surface area (Å²) < 4.78 is 25.2. The van der Waals surface area contributed by atoms with Crippen molar-refractivity contribution in [2.75, 3.05) is 16.4 Å². The van der Waals surface area contributed by atoms with Gasteiger partial charge in [0.15, 0.2) is 15.0 Å². The third kappa shape index (κ3) is 4.18. The fraction of sp³-hybridized carbons (Fsp3) is 0.300. The number of fused-ring (bicyclic) bond motifs is 1. The van der Waals surface area contributed by atoms with Crippen LogP contribution in [0.15, 0.2) is 58.0 Å². The Morgan fingerprint density at radius 2 is 1.96 bits per heavy atom. The summed E-state index contributed by atoms with van der Waals surface area (Å²) in [6, 6.07) is 15.3. The van der Waals surface area contributed by atoms with Gasteiger partial charge in [0.25, 0.3) is 5.91 Å². The first kappa shape index (κ1) is 19.7. The molecule has 0 N–H and O–H groups in total. The number of halogens is 1. The Balaban J connectivity index is 1.63. The molecule has 2 aliphatic rings. The standard InChI is InChI=1S/C20H19BrN2O3S2/c1-13-3-2-4-14(9-13)10-19(24)22-20-23(16-7-5-15(21)6-8-16)17-11-28(25,26)12-18(17)27-20/h2-9,17-18H,10-12H2,1H3/t17-,18+/m1/s1. The largest absolute Gasteiger partial charge is 0.316 e. The van der Waals surface area contributed by atoms with Crippen LogP contribution in [-0.4, -0.2) is 42.3 Å². The molecule has 2 atom stereocenters. The maximum atomic E-state index is 12.6. The fourth-order valence-electron chi connectivity index (χ4n) is 3.61. The molecule has 0 aromatic heterocycles. The van der Waals surface area contributed by atoms with Gasteiger partial charge in [0, 0.05) is 15.4 Å². The lowest BCUT2D eigenvalue weighted by Crippen LogP contribution is -2.37. The van der Waals surface area contributed by atoms with Gasteiger partial charge in [-0.25, -0.2) is 8.42 Å². The van der Waals surface area contributed by atoms with Crippen molar-refractivity contribution in [3.8, 4) is 0 Å². The molecule has 0 aliphatic carbocycles. The molecule has 0 spiro atoms. The highest BCUT2D eigenvalue weighted by atomic mass is 79.9. The average molecular weight is 479 g/mol. The van der Waals surface area contributed by atoms with E-state index in [4.69, 9.17) is 0 Å². The van der Waals surface area contributed by atoms with Crippen LogP contribution in [0, 0.1) is 6.92 Å². The number of amides is 1. The van der Waals surface area contributed by atoms with Crippen molar-refractivity contribution in [2.45, 2.75) is 24.6 Å². The van der Waals surface area contributed by atoms with E-state index < -0.39 is 9.84 Å². The molecule has 146 valence electrons. The summed E-state index contributed by atoms with van der Waals surface area (Å²) in [5.41, 5.74) is 2.88. The second-order valence-electron chi connectivity index (χ2n) is 7.10. The molecular formula is C20H19BrN2O3S2. The summed E-state index contributed by atoms with van der Waals surface area (Å²) in [7, 11) is -3.07. The molecule has 2 aromatic rings. The van der Waals surface area contributed by atoms with Crippen LogP contribution >= 0.6 is 27.7 Å². The third-order valence-electron chi connectivity index (χ3n) is 4.83. The summed E-state index contributed by atoms with van der Waals surface area (Å²) >= 11 is 4.82. The molecule has 0 saturated carbocycles. The molecule has 0 unspecified atom stereocenters. The highest BCUT2D eigenvalue weighted by Crippen LogP contribution is 2.41. The minimum Gasteiger partial charge on any atom is -0.316 e. The van der Waals surface area contributed by atoms with Gasteiger partial charge < -0.3 is 4.90 Å². The SMILES string of the molecule is Cc1cccc(CC(=O)N=C2S[C@H]3CS(=O)(=O)C[C@H]3N2c2ccc(Br)cc2)c1. The Labute approximate surface area is 177 Å². The molecule has 0 radical (unpaired) electrons. The Morgan fingerprint density at radius 3 is 2.68 bits per heavy atom. The van der Waals surface area contributed by atoms with Crippen LogP contribution < -0.4 is 4.90 Å². The van der Waals surface area contributed by atoms with Crippen LogP contribution in [0.2, 0.25) is 0 Å². The van der Waals surface area contributed by atoms with E-state index in [0.29, 0.717) is 5.17 Å². The van der Waals surface area contributed by atoms with E-state index in [1.54, 1.807) is 0 Å². The second kappa shape index (κ2) is 7.65. The minimum atomic E-state index is -3.07. The van der Waals surface area contributed by atoms with Crippen LogP contribution in [0.4, 0.5) is 5.69 Å². The summed E-state index contributed by atoms with van der Waals surface area (Å²) in [5, 5.41) is 0.490. The van der Waals surface area contributed by atoms with E-state index >= 15 is 0 Å². The molecule has 2 fully saturated rings. The van der Waals surface area contributed by atoms with Gasteiger partial charge in [0.2, 0.25) is 0 Å². The van der Waals surface area contributed by atoms with E-state index in [0.717, 1.165) is 21.3 Å². The van der Waals surface area contributed by atoms with E-state index in [-0.39, 0.29) is 35.1 Å². The number of hydrogen-bond donors (Lipinski definition) is 0. The molecule has 8 heteroatoms. The lowest BCUT2D eigenvalue weighted by molar-refractivity contribution is -0.117. The molecule has 2 aliphatic heterocycles. The fourth-order valence-corrected chi connectivity index (χ4v) is 7.81. The van der Waals surface area contributed by atoms with Crippen molar-refractivity contribution < 1.29 is 13.2 Å². The molecular weight excluding hydrogens is 460 g/mol. The quantitative estimate of drug-likeness (QED) is 0.673. The number of aryl methyl sites for hydroxylation is 1. The summed E-state index contributed by atoms with van der Waals surface area (Å²) in [5.74, 6) is -0.00948. The first-order valence-electron chi connectivity index (χ1n) is 8.90. The predicted molar refractivity (Wildman–Crippen MR) is 118 cm³/mol. The lowest BCUT2D eigenvalue weighted by Gasteiger charge is -2.24. The van der Waals surface area contributed by atoms with Crippen molar-refractivity contribution in [3.63, 3.8) is 0 Å². The van der Waals surface area contributed by atoms with Crippen molar-refractivity contribution >= 4 is 54.3 Å². The van der Waals surface area contributed by atoms with E-state index in [1.807, 2.05) is 60.4 Å². The van der Waals surface area contributed by atoms with E-state index in [9.17, 15) is 13.2 Å². The van der Waals surface area contributed by atoms with Crippen molar-refractivity contribution in [1.82, 2.24) is 0 Å². The number of hydrogen-bond acceptors (Lipinski definition) is 4. The van der Waals surface area contributed by atoms with Crippen LogP contribution in [0.3, 0.4) is 0 Å². The highest BCUT2D eigenvalue weighted by molar-refractivity contribution is 9.10.